The summed E-state index contributed by atoms with van der Waals surface area (Å²) in [6.07, 6.45) is 1.98. The smallest absolute Gasteiger partial charge is 0.371 e. The summed E-state index contributed by atoms with van der Waals surface area (Å²) < 4.78 is 73.2. The van der Waals surface area contributed by atoms with Gasteiger partial charge in [-0.3, -0.25) is 0 Å². The fraction of sp³-hybridized carbons (Fsp3) is 0.207. The van der Waals surface area contributed by atoms with Crippen LogP contribution in [0.1, 0.15) is 17.7 Å². The van der Waals surface area contributed by atoms with Crippen LogP contribution in [-0.4, -0.2) is 29.7 Å². The van der Waals surface area contributed by atoms with Gasteiger partial charge in [0, 0.05) is 23.4 Å². The van der Waals surface area contributed by atoms with Crippen molar-refractivity contribution in [3.05, 3.63) is 108 Å². The van der Waals surface area contributed by atoms with Crippen molar-refractivity contribution >= 4 is 11.5 Å². The minimum atomic E-state index is -3.58. The Balaban J connectivity index is 1.61. The van der Waals surface area contributed by atoms with Crippen LogP contribution in [0.2, 0.25) is 0 Å². The van der Waals surface area contributed by atoms with Crippen LogP contribution in [0.3, 0.4) is 0 Å². The number of para-hydroxylation sites is 1. The minimum absolute atomic E-state index is 0.106. The number of fused-ring (bicyclic) bond motifs is 1. The maximum absolute atomic E-state index is 16.3. The van der Waals surface area contributed by atoms with Gasteiger partial charge in [0.2, 0.25) is 0 Å². The van der Waals surface area contributed by atoms with Crippen LogP contribution in [0.4, 0.5) is 29.1 Å². The van der Waals surface area contributed by atoms with Crippen LogP contribution in [0.15, 0.2) is 85.5 Å². The van der Waals surface area contributed by atoms with Crippen molar-refractivity contribution in [2.45, 2.75) is 24.9 Å². The third kappa shape index (κ3) is 5.01. The van der Waals surface area contributed by atoms with Crippen LogP contribution in [-0.2, 0) is 12.5 Å². The van der Waals surface area contributed by atoms with Gasteiger partial charge >= 0.3 is 6.05 Å². The molecule has 202 valence electrons. The first-order chi connectivity index (χ1) is 18.8. The molecule has 5 rings (SSSR count). The molecule has 0 spiro atoms. The predicted molar refractivity (Wildman–Crippen MR) is 141 cm³/mol. The highest BCUT2D eigenvalue weighted by Crippen LogP contribution is 2.47. The van der Waals surface area contributed by atoms with Crippen molar-refractivity contribution in [1.29, 1.82) is 0 Å². The van der Waals surface area contributed by atoms with Crippen molar-refractivity contribution in [3.63, 3.8) is 0 Å². The molecule has 6 nitrogen and oxygen atoms in total. The van der Waals surface area contributed by atoms with E-state index < -0.39 is 29.4 Å². The van der Waals surface area contributed by atoms with Gasteiger partial charge in [0.15, 0.2) is 18.2 Å². The molecule has 4 aromatic rings. The van der Waals surface area contributed by atoms with Crippen LogP contribution < -0.4 is 19.7 Å². The fourth-order valence-electron chi connectivity index (χ4n) is 4.77. The van der Waals surface area contributed by atoms with E-state index in [2.05, 4.69) is 17.0 Å². The number of alkyl halides is 2. The molecule has 0 saturated heterocycles. The molecule has 0 fully saturated rings. The van der Waals surface area contributed by atoms with E-state index in [1.165, 1.54) is 7.11 Å². The lowest BCUT2D eigenvalue weighted by atomic mass is 9.94. The number of nitrogens with one attached hydrogen (secondary N) is 1. The van der Waals surface area contributed by atoms with E-state index in [0.717, 1.165) is 21.7 Å². The van der Waals surface area contributed by atoms with Crippen LogP contribution >= 0.6 is 0 Å². The van der Waals surface area contributed by atoms with E-state index in [9.17, 15) is 8.78 Å². The van der Waals surface area contributed by atoms with Gasteiger partial charge in [-0.2, -0.15) is 13.9 Å². The largest absolute Gasteiger partial charge is 0.497 e. The van der Waals surface area contributed by atoms with Gasteiger partial charge < -0.3 is 19.7 Å². The Morgan fingerprint density at radius 2 is 1.79 bits per heavy atom. The highest BCUT2D eigenvalue weighted by atomic mass is 19.3. The summed E-state index contributed by atoms with van der Waals surface area (Å²) in [4.78, 5) is 0.999. The number of nitrogens with zero attached hydrogens (tertiary/aromatic N) is 3. The van der Waals surface area contributed by atoms with Gasteiger partial charge in [-0.25, -0.2) is 13.5 Å². The highest BCUT2D eigenvalue weighted by Gasteiger charge is 2.52. The molecule has 1 atom stereocenters. The fourth-order valence-corrected chi connectivity index (χ4v) is 4.77. The van der Waals surface area contributed by atoms with Crippen molar-refractivity contribution in [2.75, 3.05) is 24.1 Å². The molecule has 1 aromatic heterocycles. The Kier molecular flexibility index (Phi) is 7.19. The monoisotopic (exact) mass is 538 g/mol. The van der Waals surface area contributed by atoms with Gasteiger partial charge in [0.1, 0.15) is 28.8 Å². The summed E-state index contributed by atoms with van der Waals surface area (Å²) in [6, 6.07) is 13.9. The lowest BCUT2D eigenvalue weighted by Crippen LogP contribution is -2.51. The predicted octanol–water partition coefficient (Wildman–Crippen LogP) is 6.66. The molecule has 2 heterocycles. The number of hydrogen-bond acceptors (Lipinski definition) is 5. The molecule has 0 aliphatic carbocycles. The summed E-state index contributed by atoms with van der Waals surface area (Å²) in [5, 5.41) is 7.19. The number of ether oxygens (including phenoxy) is 2. The highest BCUT2D eigenvalue weighted by molar-refractivity contribution is 5.61. The van der Waals surface area contributed by atoms with Crippen molar-refractivity contribution in [1.82, 2.24) is 9.78 Å². The van der Waals surface area contributed by atoms with E-state index in [1.54, 1.807) is 54.6 Å². The minimum Gasteiger partial charge on any atom is -0.497 e. The molecule has 10 heteroatoms. The normalized spacial score (nSPS) is 15.9. The number of hydrogen-bond donors (Lipinski definition) is 1. The Morgan fingerprint density at radius 1 is 1.05 bits per heavy atom. The van der Waals surface area contributed by atoms with Gasteiger partial charge in [0.25, 0.3) is 0 Å². The summed E-state index contributed by atoms with van der Waals surface area (Å²) in [6.45, 7) is 3.65. The third-order valence-corrected chi connectivity index (χ3v) is 6.52. The Morgan fingerprint density at radius 3 is 2.46 bits per heavy atom. The van der Waals surface area contributed by atoms with E-state index in [0.29, 0.717) is 17.6 Å². The van der Waals surface area contributed by atoms with Crippen LogP contribution in [0.25, 0.3) is 5.69 Å². The van der Waals surface area contributed by atoms with Crippen LogP contribution in [0, 0.1) is 11.6 Å². The second-order valence-electron chi connectivity index (χ2n) is 8.95. The molecule has 1 N–H and O–H groups in total. The number of rotatable bonds is 9. The number of halogens is 4. The molecule has 0 saturated carbocycles. The SMILES string of the molecule is C=CCC1Cc2c(nn(-c3ccc(F)cc3F)c2NCOc2ccccc2)C(F)(F)N1c1ccc(OC)cc1. The molecular formula is C29H26F4N4O2. The first kappa shape index (κ1) is 26.1. The van der Waals surface area contributed by atoms with Gasteiger partial charge in [-0.15, -0.1) is 6.58 Å². The lowest BCUT2D eigenvalue weighted by molar-refractivity contribution is -0.0278. The molecule has 0 bridgehead atoms. The van der Waals surface area contributed by atoms with E-state index >= 15 is 8.78 Å². The second-order valence-corrected chi connectivity index (χ2v) is 8.95. The maximum atomic E-state index is 16.3. The zero-order valence-electron chi connectivity index (χ0n) is 21.1. The number of aromatic nitrogens is 2. The quantitative estimate of drug-likeness (QED) is 0.112. The average Bonchev–Trinajstić information content (AvgIpc) is 3.28. The number of methoxy groups -OCH3 is 1. The molecule has 1 unspecified atom stereocenters. The lowest BCUT2D eigenvalue weighted by Gasteiger charge is -2.42. The summed E-state index contributed by atoms with van der Waals surface area (Å²) in [5.74, 6) is -0.522. The van der Waals surface area contributed by atoms with E-state index in [1.807, 2.05) is 6.07 Å². The third-order valence-electron chi connectivity index (χ3n) is 6.52. The van der Waals surface area contributed by atoms with E-state index in [-0.39, 0.29) is 42.3 Å². The standard InChI is InChI=1S/C29H26F4N4O2/c1-3-7-21-17-24-27(29(32,33)36(21)20-11-13-22(38-2)14-12-20)35-37(26-15-10-19(30)16-25(26)31)28(24)34-18-39-23-8-5-4-6-9-23/h3-6,8-16,21,34H,1,7,17-18H2,2H3. The van der Waals surface area contributed by atoms with Crippen molar-refractivity contribution < 1.29 is 27.0 Å². The topological polar surface area (TPSA) is 51.5 Å². The second kappa shape index (κ2) is 10.7. The first-order valence-corrected chi connectivity index (χ1v) is 12.2. The summed E-state index contributed by atoms with van der Waals surface area (Å²) in [5.41, 5.74) is -0.246. The van der Waals surface area contributed by atoms with Crippen molar-refractivity contribution in [3.8, 4) is 17.2 Å². The molecule has 1 aliphatic rings. The Bertz CT molecular complexity index is 1460. The number of anilines is 2. The molecule has 0 amide bonds. The summed E-state index contributed by atoms with van der Waals surface area (Å²) >= 11 is 0. The zero-order chi connectivity index (χ0) is 27.6. The molecule has 1 aliphatic heterocycles. The van der Waals surface area contributed by atoms with E-state index in [4.69, 9.17) is 9.47 Å². The van der Waals surface area contributed by atoms with Gasteiger partial charge in [-0.1, -0.05) is 24.3 Å². The molecule has 3 aromatic carbocycles. The zero-order valence-corrected chi connectivity index (χ0v) is 21.1. The first-order valence-electron chi connectivity index (χ1n) is 12.2. The van der Waals surface area contributed by atoms with Crippen LogP contribution in [0.5, 0.6) is 11.5 Å². The van der Waals surface area contributed by atoms with Gasteiger partial charge in [-0.05, 0) is 61.4 Å². The van der Waals surface area contributed by atoms with Crippen molar-refractivity contribution in [2.24, 2.45) is 0 Å². The molecule has 39 heavy (non-hydrogen) atoms. The summed E-state index contributed by atoms with van der Waals surface area (Å²) in [7, 11) is 1.49. The maximum Gasteiger partial charge on any atom is 0.371 e. The Hall–Kier alpha value is -4.47. The number of benzene rings is 3. The van der Waals surface area contributed by atoms with Gasteiger partial charge in [0.05, 0.1) is 7.11 Å². The average molecular weight is 539 g/mol. The molecular weight excluding hydrogens is 512 g/mol. The Labute approximate surface area is 223 Å². The molecule has 0 radical (unpaired) electrons.